The van der Waals surface area contributed by atoms with Crippen molar-refractivity contribution in [3.63, 3.8) is 0 Å². The molecule has 4 N–H and O–H groups in total. The Kier molecular flexibility index (Phi) is 25.9. The van der Waals surface area contributed by atoms with Crippen molar-refractivity contribution >= 4 is 111 Å². The Bertz CT molecular complexity index is 6620. The maximum absolute atomic E-state index is 14.1. The number of methoxy groups -OCH3 is 1. The predicted molar refractivity (Wildman–Crippen MR) is 498 cm³/mol. The monoisotopic (exact) mass is 1830 g/mol. The number of pyridine rings is 4. The zero-order valence-corrected chi connectivity index (χ0v) is 75.6. The van der Waals surface area contributed by atoms with Crippen molar-refractivity contribution in [2.45, 2.75) is 102 Å². The van der Waals surface area contributed by atoms with E-state index in [-0.39, 0.29) is 82.0 Å². The standard InChI is InChI=1S/C49H50ClN7O8S.C48H48ClN7O7S/c1-49(2)14-12-34(43(26-49)32-4-6-35(50)7-5-32)29-55-16-18-56(19-17-55)37-9-11-41(46(23-37)65-39-22-33-13-15-51-47(33)53-28-39)48(58)54-66(61,62)40-24-44(57(59)60)42-21-31(30-64-45(42)25-40)20-36-8-10-38(63-3)27-52-36;1-48(2)14-12-34(42(27-48)32-6-8-35(49)9-7-32)29-54-17-19-55(20-18-54)37-10-11-40(45(24-37)63-38-23-33-13-16-51-46(33)52-28-38)47(57)53-64(60,61)39-25-43(56(58)59)41-22-31(30-62-44(41)26-39)21-36-5-3-4-15-50-36/h4-11,13,15,22-25,27-28,31H,12,14,16-21,26,29-30H2,1-3H3,(H,51,53)(H,54,58);3-11,13,15-16,23-26,28,31H,12,14,17-22,27,29-30H2,1-2H3,(H,51,52)(H,53,57)/t2*31-/m00/s1. The van der Waals surface area contributed by atoms with Crippen LogP contribution in [0.4, 0.5) is 22.7 Å². The quantitative estimate of drug-likeness (QED) is 0.0305. The Hall–Kier alpha value is -12.8. The maximum Gasteiger partial charge on any atom is 0.277 e. The molecule has 0 saturated carbocycles. The first-order valence-corrected chi connectivity index (χ1v) is 47.0. The number of ether oxygens (including phenoxy) is 5. The Morgan fingerprint density at radius 3 is 1.37 bits per heavy atom. The number of hydrogen-bond acceptors (Lipinski definition) is 23. The highest BCUT2D eigenvalue weighted by molar-refractivity contribution is 7.90. The number of nitro groups is 2. The van der Waals surface area contributed by atoms with Crippen molar-refractivity contribution in [1.29, 1.82) is 0 Å². The minimum absolute atomic E-state index is 0.0527. The Labute approximate surface area is 762 Å². The number of nitro benzene ring substituents is 2. The summed E-state index contributed by atoms with van der Waals surface area (Å²) >= 11 is 12.5. The number of piperazine rings is 2. The summed E-state index contributed by atoms with van der Waals surface area (Å²) in [7, 11) is -7.75. The van der Waals surface area contributed by atoms with Crippen molar-refractivity contribution in [2.24, 2.45) is 22.7 Å². The van der Waals surface area contributed by atoms with Gasteiger partial charge in [-0.15, -0.1) is 0 Å². The highest BCUT2D eigenvalue weighted by Crippen LogP contribution is 2.48. The summed E-state index contributed by atoms with van der Waals surface area (Å²) in [5.74, 6) is -0.549. The van der Waals surface area contributed by atoms with Gasteiger partial charge in [0.05, 0.1) is 80.8 Å². The Morgan fingerprint density at radius 2 is 0.962 bits per heavy atom. The van der Waals surface area contributed by atoms with E-state index in [4.69, 9.17) is 46.9 Å². The first-order chi connectivity index (χ1) is 62.5. The molecular weight excluding hydrogens is 1740 g/mol. The second kappa shape index (κ2) is 37.7. The summed E-state index contributed by atoms with van der Waals surface area (Å²) in [6, 6.07) is 47.2. The van der Waals surface area contributed by atoms with Crippen LogP contribution < -0.4 is 42.9 Å². The number of carbonyl (C=O) groups is 2. The number of benzene rings is 6. The van der Waals surface area contributed by atoms with Gasteiger partial charge in [-0.05, 0) is 194 Å². The number of anilines is 2. The van der Waals surface area contributed by atoms with Gasteiger partial charge in [-0.25, -0.2) is 36.2 Å². The van der Waals surface area contributed by atoms with Crippen molar-refractivity contribution in [3.8, 4) is 40.2 Å². The van der Waals surface area contributed by atoms with Crippen molar-refractivity contribution in [1.82, 2.24) is 49.1 Å². The Balaban J connectivity index is 0.000000182. The lowest BCUT2D eigenvalue weighted by molar-refractivity contribution is -0.386. The van der Waals surface area contributed by atoms with Gasteiger partial charge in [-0.2, -0.15) is 0 Å². The Morgan fingerprint density at radius 1 is 0.523 bits per heavy atom. The van der Waals surface area contributed by atoms with Crippen LogP contribution in [-0.4, -0.2) is 164 Å². The summed E-state index contributed by atoms with van der Waals surface area (Å²) in [6.07, 6.45) is 17.8. The van der Waals surface area contributed by atoms with Crippen LogP contribution in [-0.2, 0) is 45.7 Å². The van der Waals surface area contributed by atoms with Crippen LogP contribution in [0.2, 0.25) is 10.0 Å². The molecule has 0 bridgehead atoms. The van der Waals surface area contributed by atoms with Gasteiger partial charge in [0.15, 0.2) is 0 Å². The molecule has 4 aliphatic heterocycles. The van der Waals surface area contributed by atoms with Gasteiger partial charge in [0.2, 0.25) is 0 Å². The number of nitrogens with one attached hydrogen (secondary N) is 4. The fourth-order valence-corrected chi connectivity index (χ4v) is 20.3. The lowest BCUT2D eigenvalue weighted by Crippen LogP contribution is -2.47. The fraction of sp³-hybridized carbons (Fsp3) is 0.320. The number of rotatable bonds is 25. The van der Waals surface area contributed by atoms with E-state index in [9.17, 15) is 46.7 Å². The van der Waals surface area contributed by atoms with E-state index >= 15 is 0 Å². The SMILES string of the molecule is CC1(C)CCC(CN2CCN(c3ccc(C(=O)NS(=O)(=O)c4cc5c(c([N+](=O)[O-])c4)C[C@H](Cc4ccccn4)CO5)c(Oc4cnc5[nH]ccc5c4)c3)CC2)=C(c2ccc(Cl)cc2)C1.COc1ccc(C[C@@H]2COc3cc(S(=O)(=O)NC(=O)c4ccc(N5CCN(CC6=C(c7ccc(Cl)cc7)CC(C)(C)CC6)CC5)cc4Oc4cnc5[nH]ccc5c4)cc([N+](=O)[O-])c3C2)nc1. The van der Waals surface area contributed by atoms with E-state index in [2.05, 4.69) is 111 Å². The largest absolute Gasteiger partial charge is 0.495 e. The van der Waals surface area contributed by atoms with Crippen LogP contribution in [0, 0.1) is 42.9 Å². The third kappa shape index (κ3) is 20.7. The molecule has 33 heteroatoms. The van der Waals surface area contributed by atoms with Gasteiger partial charge in [-0.3, -0.25) is 49.6 Å². The average molecular weight is 1830 g/mol. The summed E-state index contributed by atoms with van der Waals surface area (Å²) in [5.41, 5.74) is 12.7. The molecule has 2 fully saturated rings. The zero-order chi connectivity index (χ0) is 90.8. The summed E-state index contributed by atoms with van der Waals surface area (Å²) in [4.78, 5) is 83.8. The molecule has 18 rings (SSSR count). The summed E-state index contributed by atoms with van der Waals surface area (Å²) < 4.78 is 89.7. The van der Waals surface area contributed by atoms with Crippen LogP contribution in [0.3, 0.4) is 0 Å². The second-order valence-electron chi connectivity index (χ2n) is 35.5. The molecule has 12 aromatic rings. The molecule has 29 nitrogen and oxygen atoms in total. The van der Waals surface area contributed by atoms with Gasteiger partial charge in [0.25, 0.3) is 43.2 Å². The molecule has 10 heterocycles. The fourth-order valence-electron chi connectivity index (χ4n) is 18.1. The second-order valence-corrected chi connectivity index (χ2v) is 39.8. The number of H-pyrrole nitrogens is 2. The third-order valence-corrected chi connectivity index (χ3v) is 28.3. The number of sulfonamides is 2. The molecule has 672 valence electrons. The molecule has 0 spiro atoms. The highest BCUT2D eigenvalue weighted by Gasteiger charge is 2.38. The van der Waals surface area contributed by atoms with E-state index in [1.165, 1.54) is 70.1 Å². The van der Waals surface area contributed by atoms with Crippen molar-refractivity contribution in [3.05, 3.63) is 287 Å². The molecule has 0 unspecified atom stereocenters. The molecule has 6 aromatic heterocycles. The number of allylic oxidation sites excluding steroid dienone is 2. The topological polar surface area (TPSA) is 355 Å². The van der Waals surface area contributed by atoms with Gasteiger partial charge < -0.3 is 43.5 Å². The normalized spacial score (nSPS) is 17.6. The highest BCUT2D eigenvalue weighted by atomic mass is 35.5. The van der Waals surface area contributed by atoms with Crippen LogP contribution in [0.15, 0.2) is 222 Å². The van der Waals surface area contributed by atoms with Gasteiger partial charge in [-0.1, -0.05) is 92.4 Å². The first-order valence-electron chi connectivity index (χ1n) is 43.3. The lowest BCUT2D eigenvalue weighted by atomic mass is 9.72. The number of aromatic nitrogens is 6. The van der Waals surface area contributed by atoms with E-state index in [0.29, 0.717) is 79.5 Å². The molecule has 2 amide bonds. The van der Waals surface area contributed by atoms with Crippen LogP contribution >= 0.6 is 23.2 Å². The molecule has 2 saturated heterocycles. The number of fused-ring (bicyclic) bond motifs is 4. The first kappa shape index (κ1) is 89.2. The molecule has 2 aliphatic carbocycles. The minimum Gasteiger partial charge on any atom is -0.495 e. The van der Waals surface area contributed by atoms with Crippen LogP contribution in [0.1, 0.15) is 121 Å². The predicted octanol–water partition coefficient (Wildman–Crippen LogP) is 18.0. The molecule has 2 atom stereocenters. The average Bonchev–Trinajstić information content (AvgIpc) is 0.852. The molecule has 6 aromatic carbocycles. The lowest BCUT2D eigenvalue weighted by Gasteiger charge is -2.39. The molecule has 6 aliphatic rings. The van der Waals surface area contributed by atoms with Crippen LogP contribution in [0.25, 0.3) is 33.2 Å². The number of aromatic amines is 2. The number of carbonyl (C=O) groups excluding carboxylic acids is 2. The van der Waals surface area contributed by atoms with Gasteiger partial charge in [0.1, 0.15) is 51.5 Å². The van der Waals surface area contributed by atoms with Crippen LogP contribution in [0.5, 0.6) is 40.2 Å². The summed E-state index contributed by atoms with van der Waals surface area (Å²) in [6.45, 7) is 17.6. The van der Waals surface area contributed by atoms with E-state index in [0.717, 1.165) is 134 Å². The third-order valence-electron chi connectivity index (χ3n) is 25.2. The zero-order valence-electron chi connectivity index (χ0n) is 72.4. The smallest absolute Gasteiger partial charge is 0.277 e. The van der Waals surface area contributed by atoms with E-state index in [1.54, 1.807) is 74.4 Å². The van der Waals surface area contributed by atoms with Crippen molar-refractivity contribution < 1.29 is 60.0 Å². The number of amides is 2. The minimum atomic E-state index is -4.66. The molecule has 130 heavy (non-hydrogen) atoms. The van der Waals surface area contributed by atoms with Gasteiger partial charge >= 0.3 is 0 Å². The van der Waals surface area contributed by atoms with E-state index < -0.39 is 62.9 Å². The van der Waals surface area contributed by atoms with E-state index in [1.807, 2.05) is 60.7 Å². The number of nitrogens with zero attached hydrogens (tertiary/aromatic N) is 10. The molecular formula is C97H98Cl2N14O15S2. The maximum atomic E-state index is 14.1. The van der Waals surface area contributed by atoms with Gasteiger partial charge in [0, 0.05) is 176 Å². The van der Waals surface area contributed by atoms with Crippen molar-refractivity contribution in [2.75, 3.05) is 95.6 Å². The molecule has 0 radical (unpaired) electrons. The number of halogens is 2. The summed E-state index contributed by atoms with van der Waals surface area (Å²) in [5, 5.41) is 27.7. The number of hydrogen-bond donors (Lipinski definition) is 4.